The minimum Gasteiger partial charge on any atom is -0.497 e. The number of anilines is 1. The summed E-state index contributed by atoms with van der Waals surface area (Å²) in [7, 11) is 1.56. The predicted molar refractivity (Wildman–Crippen MR) is 92.0 cm³/mol. The third-order valence-corrected chi connectivity index (χ3v) is 5.04. The van der Waals surface area contributed by atoms with Gasteiger partial charge in [-0.25, -0.2) is 0 Å². The summed E-state index contributed by atoms with van der Waals surface area (Å²) >= 11 is 1.42. The molecule has 1 aliphatic carbocycles. The van der Waals surface area contributed by atoms with E-state index < -0.39 is 5.91 Å². The number of aryl methyl sites for hydroxylation is 1. The molecule has 0 fully saturated rings. The van der Waals surface area contributed by atoms with Crippen molar-refractivity contribution in [2.24, 2.45) is 5.73 Å². The fourth-order valence-electron chi connectivity index (χ4n) is 2.76. The topological polar surface area (TPSA) is 90.7 Å². The standard InChI is InChI=1S/C17H18N2O4S/c1-22-10-4-2-5-11(8-10)23-9-14(20)19-17-15(16(18)21)12-6-3-7-13(12)24-17/h2,4-5,8H,3,6-7,9H2,1H3,(H2,18,21)(H,19,20). The number of nitrogens with two attached hydrogens (primary N) is 1. The van der Waals surface area contributed by atoms with Crippen molar-refractivity contribution < 1.29 is 19.1 Å². The largest absolute Gasteiger partial charge is 0.497 e. The normalized spacial score (nSPS) is 12.5. The van der Waals surface area contributed by atoms with Crippen molar-refractivity contribution in [3.05, 3.63) is 40.3 Å². The van der Waals surface area contributed by atoms with Gasteiger partial charge in [0.05, 0.1) is 12.7 Å². The first-order chi connectivity index (χ1) is 11.6. The van der Waals surface area contributed by atoms with Crippen molar-refractivity contribution in [3.8, 4) is 11.5 Å². The summed E-state index contributed by atoms with van der Waals surface area (Å²) in [6, 6.07) is 7.01. The highest BCUT2D eigenvalue weighted by molar-refractivity contribution is 7.17. The number of fused-ring (bicyclic) bond motifs is 1. The van der Waals surface area contributed by atoms with Gasteiger partial charge in [0, 0.05) is 10.9 Å². The van der Waals surface area contributed by atoms with Crippen molar-refractivity contribution in [2.75, 3.05) is 19.0 Å². The number of ether oxygens (including phenoxy) is 2. The van der Waals surface area contributed by atoms with Crippen molar-refractivity contribution in [1.82, 2.24) is 0 Å². The van der Waals surface area contributed by atoms with Crippen molar-refractivity contribution in [1.29, 1.82) is 0 Å². The Hall–Kier alpha value is -2.54. The number of amides is 2. The van der Waals surface area contributed by atoms with Crippen molar-refractivity contribution >= 4 is 28.2 Å². The van der Waals surface area contributed by atoms with Crippen LogP contribution in [0.25, 0.3) is 0 Å². The second-order valence-corrected chi connectivity index (χ2v) is 6.55. The SMILES string of the molecule is COc1cccc(OCC(=O)Nc2sc3c(c2C(N)=O)CCC3)c1. The lowest BCUT2D eigenvalue weighted by Crippen LogP contribution is -2.22. The first-order valence-electron chi connectivity index (χ1n) is 7.59. The first kappa shape index (κ1) is 16.3. The molecule has 24 heavy (non-hydrogen) atoms. The van der Waals surface area contributed by atoms with Gasteiger partial charge in [0.25, 0.3) is 11.8 Å². The average molecular weight is 346 g/mol. The lowest BCUT2D eigenvalue weighted by Gasteiger charge is -2.09. The van der Waals surface area contributed by atoms with Gasteiger partial charge < -0.3 is 20.5 Å². The molecule has 2 aromatic rings. The number of methoxy groups -OCH3 is 1. The first-order valence-corrected chi connectivity index (χ1v) is 8.41. The molecule has 0 saturated heterocycles. The second-order valence-electron chi connectivity index (χ2n) is 5.44. The van der Waals surface area contributed by atoms with E-state index in [0.29, 0.717) is 22.1 Å². The van der Waals surface area contributed by atoms with Crippen LogP contribution in [-0.2, 0) is 17.6 Å². The predicted octanol–water partition coefficient (Wildman–Crippen LogP) is 2.36. The van der Waals surface area contributed by atoms with Crippen molar-refractivity contribution in [3.63, 3.8) is 0 Å². The molecule has 0 atom stereocenters. The Labute approximate surface area is 143 Å². The molecule has 7 heteroatoms. The Morgan fingerprint density at radius 1 is 1.29 bits per heavy atom. The summed E-state index contributed by atoms with van der Waals surface area (Å²) < 4.78 is 10.6. The molecule has 0 bridgehead atoms. The maximum Gasteiger partial charge on any atom is 0.262 e. The number of thiophene rings is 1. The van der Waals surface area contributed by atoms with Crippen LogP contribution >= 0.6 is 11.3 Å². The highest BCUT2D eigenvalue weighted by Gasteiger charge is 2.26. The van der Waals surface area contributed by atoms with Crippen LogP contribution in [0.15, 0.2) is 24.3 Å². The van der Waals surface area contributed by atoms with Gasteiger partial charge in [-0.05, 0) is 37.0 Å². The summed E-state index contributed by atoms with van der Waals surface area (Å²) in [6.45, 7) is -0.159. The molecule has 1 heterocycles. The van der Waals surface area contributed by atoms with Crippen LogP contribution in [0.2, 0.25) is 0 Å². The van der Waals surface area contributed by atoms with E-state index >= 15 is 0 Å². The molecule has 1 aliphatic rings. The van der Waals surface area contributed by atoms with E-state index in [1.165, 1.54) is 11.3 Å². The Morgan fingerprint density at radius 2 is 2.08 bits per heavy atom. The monoisotopic (exact) mass is 346 g/mol. The number of primary amides is 1. The van der Waals surface area contributed by atoms with Crippen LogP contribution < -0.4 is 20.5 Å². The molecule has 1 aromatic carbocycles. The number of carbonyl (C=O) groups excluding carboxylic acids is 2. The molecule has 2 amide bonds. The van der Waals surface area contributed by atoms with E-state index in [1.807, 2.05) is 0 Å². The highest BCUT2D eigenvalue weighted by Crippen LogP contribution is 2.38. The van der Waals surface area contributed by atoms with Gasteiger partial charge >= 0.3 is 0 Å². The summed E-state index contributed by atoms with van der Waals surface area (Å²) in [6.07, 6.45) is 2.78. The molecule has 3 N–H and O–H groups in total. The quantitative estimate of drug-likeness (QED) is 0.840. The average Bonchev–Trinajstić information content (AvgIpc) is 3.13. The van der Waals surface area contributed by atoms with Crippen LogP contribution in [0, 0.1) is 0 Å². The molecule has 0 saturated carbocycles. The zero-order chi connectivity index (χ0) is 17.1. The van der Waals surface area contributed by atoms with E-state index in [-0.39, 0.29) is 12.5 Å². The maximum atomic E-state index is 12.1. The van der Waals surface area contributed by atoms with Crippen molar-refractivity contribution in [2.45, 2.75) is 19.3 Å². The molecule has 0 radical (unpaired) electrons. The third kappa shape index (κ3) is 3.35. The van der Waals surface area contributed by atoms with E-state index in [1.54, 1.807) is 31.4 Å². The van der Waals surface area contributed by atoms with Crippen LogP contribution in [0.4, 0.5) is 5.00 Å². The molecule has 1 aromatic heterocycles. The minimum atomic E-state index is -0.501. The van der Waals surface area contributed by atoms with Crippen LogP contribution in [0.5, 0.6) is 11.5 Å². The number of hydrogen-bond acceptors (Lipinski definition) is 5. The Morgan fingerprint density at radius 3 is 2.83 bits per heavy atom. The molecule has 0 spiro atoms. The van der Waals surface area contributed by atoms with E-state index in [9.17, 15) is 9.59 Å². The fourth-order valence-corrected chi connectivity index (χ4v) is 4.07. The smallest absolute Gasteiger partial charge is 0.262 e. The Kier molecular flexibility index (Phi) is 4.71. The molecule has 126 valence electrons. The molecule has 6 nitrogen and oxygen atoms in total. The molecule has 0 aliphatic heterocycles. The second kappa shape index (κ2) is 6.92. The van der Waals surface area contributed by atoms with Gasteiger partial charge in [-0.3, -0.25) is 9.59 Å². The zero-order valence-corrected chi connectivity index (χ0v) is 14.1. The van der Waals surface area contributed by atoms with E-state index in [4.69, 9.17) is 15.2 Å². The van der Waals surface area contributed by atoms with Gasteiger partial charge in [0.15, 0.2) is 6.61 Å². The number of carbonyl (C=O) groups is 2. The minimum absolute atomic E-state index is 0.159. The van der Waals surface area contributed by atoms with Gasteiger partial charge in [-0.2, -0.15) is 0 Å². The molecule has 3 rings (SSSR count). The van der Waals surface area contributed by atoms with Crippen LogP contribution in [0.3, 0.4) is 0 Å². The van der Waals surface area contributed by atoms with Gasteiger partial charge in [-0.15, -0.1) is 11.3 Å². The van der Waals surface area contributed by atoms with Crippen LogP contribution in [-0.4, -0.2) is 25.5 Å². The highest BCUT2D eigenvalue weighted by atomic mass is 32.1. The lowest BCUT2D eigenvalue weighted by atomic mass is 10.1. The number of benzene rings is 1. The third-order valence-electron chi connectivity index (χ3n) is 3.83. The Balaban J connectivity index is 1.66. The van der Waals surface area contributed by atoms with Gasteiger partial charge in [-0.1, -0.05) is 6.07 Å². The summed E-state index contributed by atoms with van der Waals surface area (Å²) in [5.41, 5.74) is 6.91. The van der Waals surface area contributed by atoms with Gasteiger partial charge in [0.2, 0.25) is 0 Å². The van der Waals surface area contributed by atoms with E-state index in [2.05, 4.69) is 5.32 Å². The van der Waals surface area contributed by atoms with Gasteiger partial charge in [0.1, 0.15) is 16.5 Å². The zero-order valence-electron chi connectivity index (χ0n) is 13.3. The summed E-state index contributed by atoms with van der Waals surface area (Å²) in [4.78, 5) is 25.0. The Bertz CT molecular complexity index is 785. The summed E-state index contributed by atoms with van der Waals surface area (Å²) in [5.74, 6) is 0.352. The molecular formula is C17H18N2O4S. The maximum absolute atomic E-state index is 12.1. The number of nitrogens with one attached hydrogen (secondary N) is 1. The number of rotatable bonds is 6. The summed E-state index contributed by atoms with van der Waals surface area (Å²) in [5, 5.41) is 3.26. The van der Waals surface area contributed by atoms with E-state index in [0.717, 1.165) is 29.7 Å². The number of hydrogen-bond donors (Lipinski definition) is 2. The molecular weight excluding hydrogens is 328 g/mol. The lowest BCUT2D eigenvalue weighted by molar-refractivity contribution is -0.118. The molecule has 0 unspecified atom stereocenters. The fraction of sp³-hybridized carbons (Fsp3) is 0.294. The van der Waals surface area contributed by atoms with Crippen LogP contribution in [0.1, 0.15) is 27.2 Å².